The predicted molar refractivity (Wildman–Crippen MR) is 74.0 cm³/mol. The van der Waals surface area contributed by atoms with Crippen molar-refractivity contribution < 1.29 is 0 Å². The van der Waals surface area contributed by atoms with Crippen LogP contribution in [0, 0.1) is 6.92 Å². The van der Waals surface area contributed by atoms with E-state index in [0.717, 1.165) is 23.3 Å². The van der Waals surface area contributed by atoms with Crippen LogP contribution in [0.15, 0.2) is 18.5 Å². The van der Waals surface area contributed by atoms with Crippen molar-refractivity contribution in [2.75, 3.05) is 16.8 Å². The van der Waals surface area contributed by atoms with Crippen LogP contribution in [0.1, 0.15) is 19.4 Å². The van der Waals surface area contributed by atoms with Gasteiger partial charge in [-0.2, -0.15) is 9.61 Å². The van der Waals surface area contributed by atoms with Gasteiger partial charge in [0.2, 0.25) is 0 Å². The molecule has 5 heteroatoms. The molecule has 0 amide bonds. The third-order valence-corrected chi connectivity index (χ3v) is 3.10. The van der Waals surface area contributed by atoms with E-state index in [1.807, 2.05) is 10.6 Å². The predicted octanol–water partition coefficient (Wildman–Crippen LogP) is 2.65. The second-order valence-corrected chi connectivity index (χ2v) is 5.19. The number of rotatable bonds is 4. The summed E-state index contributed by atoms with van der Waals surface area (Å²) < 4.78 is 1.90. The summed E-state index contributed by atoms with van der Waals surface area (Å²) in [4.78, 5) is 6.58. The molecule has 0 atom stereocenters. The summed E-state index contributed by atoms with van der Waals surface area (Å²) in [6.45, 7) is 7.42. The number of fused-ring (bicyclic) bond motifs is 1. The number of pyridine rings is 1. The number of alkyl halides is 1. The Bertz CT molecular complexity index is 506. The lowest BCUT2D eigenvalue weighted by atomic mass is 10.2. The van der Waals surface area contributed by atoms with Gasteiger partial charge in [-0.3, -0.25) is 0 Å². The average Bonchev–Trinajstić information content (AvgIpc) is 2.72. The van der Waals surface area contributed by atoms with Gasteiger partial charge < -0.3 is 4.90 Å². The van der Waals surface area contributed by atoms with E-state index in [1.165, 1.54) is 5.56 Å². The highest BCUT2D eigenvalue weighted by Crippen LogP contribution is 2.20. The topological polar surface area (TPSA) is 33.4 Å². The SMILES string of the molecule is Cc1cc(N(CCBr)C(C)C)n2ncnc2c1. The van der Waals surface area contributed by atoms with E-state index in [2.05, 4.69) is 57.8 Å². The van der Waals surface area contributed by atoms with E-state index in [9.17, 15) is 0 Å². The highest BCUT2D eigenvalue weighted by Gasteiger charge is 2.14. The number of aromatic nitrogens is 3. The maximum atomic E-state index is 4.29. The van der Waals surface area contributed by atoms with Crippen LogP contribution in [-0.2, 0) is 0 Å². The van der Waals surface area contributed by atoms with E-state index in [-0.39, 0.29) is 0 Å². The van der Waals surface area contributed by atoms with Gasteiger partial charge in [0.05, 0.1) is 0 Å². The molecule has 0 saturated heterocycles. The third-order valence-electron chi connectivity index (χ3n) is 2.75. The molecule has 0 bridgehead atoms. The number of hydrogen-bond acceptors (Lipinski definition) is 3. The van der Waals surface area contributed by atoms with Gasteiger partial charge in [-0.25, -0.2) is 4.98 Å². The van der Waals surface area contributed by atoms with Crippen molar-refractivity contribution >= 4 is 27.4 Å². The zero-order valence-corrected chi connectivity index (χ0v) is 12.0. The lowest BCUT2D eigenvalue weighted by Gasteiger charge is -2.28. The van der Waals surface area contributed by atoms with Crippen LogP contribution in [0.25, 0.3) is 5.65 Å². The first-order chi connectivity index (χ1) is 8.13. The summed E-state index contributed by atoms with van der Waals surface area (Å²) in [7, 11) is 0. The number of aryl methyl sites for hydroxylation is 1. The second-order valence-electron chi connectivity index (χ2n) is 4.40. The molecule has 0 aliphatic heterocycles. The first-order valence-corrected chi connectivity index (χ1v) is 6.88. The minimum Gasteiger partial charge on any atom is -0.353 e. The molecule has 0 aliphatic carbocycles. The van der Waals surface area contributed by atoms with Gasteiger partial charge in [-0.15, -0.1) is 0 Å². The van der Waals surface area contributed by atoms with Gasteiger partial charge >= 0.3 is 0 Å². The van der Waals surface area contributed by atoms with Gasteiger partial charge in [0.15, 0.2) is 5.65 Å². The van der Waals surface area contributed by atoms with Crippen LogP contribution in [0.3, 0.4) is 0 Å². The molecule has 0 saturated carbocycles. The van der Waals surface area contributed by atoms with Crippen molar-refractivity contribution in [2.24, 2.45) is 0 Å². The minimum absolute atomic E-state index is 0.432. The summed E-state index contributed by atoms with van der Waals surface area (Å²) in [5.41, 5.74) is 2.11. The zero-order chi connectivity index (χ0) is 12.4. The molecule has 0 spiro atoms. The molecular formula is C12H17BrN4. The number of anilines is 1. The molecule has 2 heterocycles. The number of halogens is 1. The van der Waals surface area contributed by atoms with Gasteiger partial charge in [0.25, 0.3) is 0 Å². The Kier molecular flexibility index (Phi) is 3.66. The number of nitrogens with zero attached hydrogens (tertiary/aromatic N) is 4. The molecule has 0 radical (unpaired) electrons. The van der Waals surface area contributed by atoms with E-state index < -0.39 is 0 Å². The molecule has 0 aliphatic rings. The van der Waals surface area contributed by atoms with Crippen LogP contribution < -0.4 is 4.90 Å². The highest BCUT2D eigenvalue weighted by molar-refractivity contribution is 9.09. The fourth-order valence-electron chi connectivity index (χ4n) is 1.97. The van der Waals surface area contributed by atoms with Crippen LogP contribution in [0.2, 0.25) is 0 Å². The molecule has 0 fully saturated rings. The normalized spacial score (nSPS) is 11.4. The Morgan fingerprint density at radius 2 is 2.18 bits per heavy atom. The quantitative estimate of drug-likeness (QED) is 0.814. The fourth-order valence-corrected chi connectivity index (χ4v) is 2.35. The largest absolute Gasteiger partial charge is 0.353 e. The van der Waals surface area contributed by atoms with E-state index in [1.54, 1.807) is 6.33 Å². The van der Waals surface area contributed by atoms with E-state index in [4.69, 9.17) is 0 Å². The van der Waals surface area contributed by atoms with Gasteiger partial charge in [-0.1, -0.05) is 15.9 Å². The Hall–Kier alpha value is -1.10. The van der Waals surface area contributed by atoms with Crippen molar-refractivity contribution in [2.45, 2.75) is 26.8 Å². The lowest BCUT2D eigenvalue weighted by Crippen LogP contribution is -2.34. The lowest BCUT2D eigenvalue weighted by molar-refractivity contribution is 0.683. The zero-order valence-electron chi connectivity index (χ0n) is 10.4. The summed E-state index contributed by atoms with van der Waals surface area (Å²) in [6, 6.07) is 4.63. The molecule has 2 rings (SSSR count). The number of hydrogen-bond donors (Lipinski definition) is 0. The smallest absolute Gasteiger partial charge is 0.157 e. The average molecular weight is 297 g/mol. The molecule has 2 aromatic heterocycles. The second kappa shape index (κ2) is 5.04. The third kappa shape index (κ3) is 2.44. The molecule has 17 heavy (non-hydrogen) atoms. The highest BCUT2D eigenvalue weighted by atomic mass is 79.9. The Morgan fingerprint density at radius 3 is 2.82 bits per heavy atom. The molecule has 0 aromatic carbocycles. The van der Waals surface area contributed by atoms with Crippen molar-refractivity contribution in [3.8, 4) is 0 Å². The van der Waals surface area contributed by atoms with E-state index in [0.29, 0.717) is 6.04 Å². The van der Waals surface area contributed by atoms with Crippen molar-refractivity contribution in [3.63, 3.8) is 0 Å². The van der Waals surface area contributed by atoms with Crippen LogP contribution in [0.5, 0.6) is 0 Å². The van der Waals surface area contributed by atoms with Gasteiger partial charge in [-0.05, 0) is 38.5 Å². The first kappa shape index (κ1) is 12.4. The Balaban J connectivity index is 2.54. The molecule has 2 aromatic rings. The fraction of sp³-hybridized carbons (Fsp3) is 0.500. The summed E-state index contributed by atoms with van der Waals surface area (Å²) in [5, 5.41) is 5.23. The Morgan fingerprint density at radius 1 is 1.41 bits per heavy atom. The summed E-state index contributed by atoms with van der Waals surface area (Å²) in [5.74, 6) is 1.10. The summed E-state index contributed by atoms with van der Waals surface area (Å²) in [6.07, 6.45) is 1.60. The Labute approximate surface area is 110 Å². The van der Waals surface area contributed by atoms with Crippen LogP contribution in [-0.4, -0.2) is 32.5 Å². The van der Waals surface area contributed by atoms with Crippen LogP contribution >= 0.6 is 15.9 Å². The maximum Gasteiger partial charge on any atom is 0.157 e. The maximum absolute atomic E-state index is 4.29. The molecule has 92 valence electrons. The van der Waals surface area contributed by atoms with E-state index >= 15 is 0 Å². The first-order valence-electron chi connectivity index (χ1n) is 5.76. The summed E-state index contributed by atoms with van der Waals surface area (Å²) >= 11 is 3.50. The van der Waals surface area contributed by atoms with Crippen molar-refractivity contribution in [3.05, 3.63) is 24.0 Å². The van der Waals surface area contributed by atoms with Crippen LogP contribution in [0.4, 0.5) is 5.82 Å². The standard InChI is InChI=1S/C12H17BrN4/c1-9(2)16(5-4-13)12-7-10(3)6-11-14-8-15-17(11)12/h6-9H,4-5H2,1-3H3. The molecule has 0 N–H and O–H groups in total. The van der Waals surface area contributed by atoms with Crippen molar-refractivity contribution in [1.82, 2.24) is 14.6 Å². The van der Waals surface area contributed by atoms with Gasteiger partial charge in [0, 0.05) is 17.9 Å². The minimum atomic E-state index is 0.432. The molecule has 0 unspecified atom stereocenters. The molecular weight excluding hydrogens is 280 g/mol. The molecule has 4 nitrogen and oxygen atoms in total. The van der Waals surface area contributed by atoms with Crippen molar-refractivity contribution in [1.29, 1.82) is 0 Å². The van der Waals surface area contributed by atoms with Gasteiger partial charge in [0.1, 0.15) is 12.1 Å². The monoisotopic (exact) mass is 296 g/mol.